The Hall–Kier alpha value is -4.52. The van der Waals surface area contributed by atoms with Crippen molar-refractivity contribution in [3.63, 3.8) is 0 Å². The molecule has 284 valence electrons. The van der Waals surface area contributed by atoms with Crippen LogP contribution in [0.25, 0.3) is 22.3 Å². The molecular weight excluding hydrogens is 698 g/mol. The van der Waals surface area contributed by atoms with Crippen molar-refractivity contribution >= 4 is 40.0 Å². The number of likely N-dealkylation sites (tertiary alicyclic amines) is 1. The smallest absolute Gasteiger partial charge is 0.261 e. The molecule has 2 unspecified atom stereocenters. The zero-order chi connectivity index (χ0) is 38.0. The van der Waals surface area contributed by atoms with Crippen LogP contribution in [0.2, 0.25) is 0 Å². The van der Waals surface area contributed by atoms with E-state index in [0.29, 0.717) is 28.8 Å². The molecule has 9 nitrogen and oxygen atoms in total. The fourth-order valence-corrected chi connectivity index (χ4v) is 9.44. The maximum atomic E-state index is 15.7. The van der Waals surface area contributed by atoms with Gasteiger partial charge in [0.05, 0.1) is 28.6 Å². The minimum Gasteiger partial charge on any atom is -0.341 e. The summed E-state index contributed by atoms with van der Waals surface area (Å²) in [6, 6.07) is 10.1. The van der Waals surface area contributed by atoms with Gasteiger partial charge in [0.15, 0.2) is 17.5 Å². The summed E-state index contributed by atoms with van der Waals surface area (Å²) in [7, 11) is 0. The highest BCUT2D eigenvalue weighted by Crippen LogP contribution is 2.50. The first-order valence-corrected chi connectivity index (χ1v) is 19.1. The number of carbonyl (C=O) groups is 2. The Morgan fingerprint density at radius 2 is 1.74 bits per heavy atom. The normalized spacial score (nSPS) is 25.2. The number of imidazole rings is 1. The van der Waals surface area contributed by atoms with Crippen molar-refractivity contribution in [3.8, 4) is 11.3 Å². The van der Waals surface area contributed by atoms with Crippen molar-refractivity contribution < 1.29 is 27.2 Å². The van der Waals surface area contributed by atoms with Crippen LogP contribution in [0, 0.1) is 24.5 Å². The third kappa shape index (κ3) is 5.35. The van der Waals surface area contributed by atoms with Crippen LogP contribution in [0.5, 0.6) is 0 Å². The van der Waals surface area contributed by atoms with Crippen molar-refractivity contribution in [2.24, 2.45) is 5.92 Å². The van der Waals surface area contributed by atoms with Crippen molar-refractivity contribution in [1.82, 2.24) is 24.8 Å². The van der Waals surface area contributed by atoms with Crippen LogP contribution < -0.4 is 15.5 Å². The molecule has 3 saturated carbocycles. The van der Waals surface area contributed by atoms with Crippen LogP contribution in [-0.2, 0) is 10.2 Å². The summed E-state index contributed by atoms with van der Waals surface area (Å²) < 4.78 is 60.3. The monoisotopic (exact) mass is 743 g/mol. The van der Waals surface area contributed by atoms with Crippen LogP contribution in [0.3, 0.4) is 0 Å². The van der Waals surface area contributed by atoms with Crippen LogP contribution in [0.4, 0.5) is 34.8 Å². The van der Waals surface area contributed by atoms with Gasteiger partial charge in [0.1, 0.15) is 11.1 Å². The Morgan fingerprint density at radius 1 is 0.981 bits per heavy atom. The van der Waals surface area contributed by atoms with E-state index in [1.165, 1.54) is 32.7 Å². The molecule has 13 heteroatoms. The number of rotatable bonds is 9. The summed E-state index contributed by atoms with van der Waals surface area (Å²) in [5, 5.41) is 5.30. The van der Waals surface area contributed by atoms with Crippen molar-refractivity contribution in [2.75, 3.05) is 16.8 Å². The maximum absolute atomic E-state index is 15.7. The molecule has 4 aromatic rings. The number of hydrogen-bond donors (Lipinski definition) is 2. The van der Waals surface area contributed by atoms with Crippen molar-refractivity contribution in [1.29, 1.82) is 0 Å². The number of aromatic nitrogens is 3. The highest BCUT2D eigenvalue weighted by Gasteiger charge is 2.53. The van der Waals surface area contributed by atoms with E-state index in [-0.39, 0.29) is 53.5 Å². The number of fused-ring (bicyclic) bond motifs is 4. The second-order valence-electron chi connectivity index (χ2n) is 17.1. The molecule has 2 amide bonds. The topological polar surface area (TPSA) is 95.4 Å². The first kappa shape index (κ1) is 35.2. The van der Waals surface area contributed by atoms with Gasteiger partial charge in [-0.3, -0.25) is 14.5 Å². The lowest BCUT2D eigenvalue weighted by Crippen LogP contribution is -2.57. The van der Waals surface area contributed by atoms with Gasteiger partial charge in [-0.25, -0.2) is 27.5 Å². The van der Waals surface area contributed by atoms with E-state index in [9.17, 15) is 18.4 Å². The van der Waals surface area contributed by atoms with Gasteiger partial charge in [0.25, 0.3) is 12.3 Å². The van der Waals surface area contributed by atoms with E-state index in [2.05, 4.69) is 20.5 Å². The van der Waals surface area contributed by atoms with Crippen LogP contribution in [0.1, 0.15) is 100 Å². The number of nitrogens with zero attached hydrogens (tertiary/aromatic N) is 5. The molecule has 4 heterocycles. The summed E-state index contributed by atoms with van der Waals surface area (Å²) in [4.78, 5) is 41.5. The first-order chi connectivity index (χ1) is 25.7. The number of alkyl halides is 2. The van der Waals surface area contributed by atoms with Gasteiger partial charge in [0.2, 0.25) is 5.91 Å². The standard InChI is InChI=1S/C41H45F4N7O2/c1-20(2)51-19-46-31-17-29(47-36(35(31)51)48-30-16-27(21(3)33(42)34(30)43)37(53)49-41(10-11-41)38(44)45)23-7-9-28-32(13-23)52(39(54)40(28,4)5)26-14-25(15-26)50-18-22-6-8-24(50)12-22/h7,9,13,16-17,19-20,22,24-26,38H,6,8,10-12,14-15,18H2,1-5H3,(H,47,48)(H,49,53). The highest BCUT2D eigenvalue weighted by molar-refractivity contribution is 6.09. The number of hydrogen-bond acceptors (Lipinski definition) is 6. The van der Waals surface area contributed by atoms with Crippen LogP contribution in [-0.4, -0.2) is 67.9 Å². The van der Waals surface area contributed by atoms with E-state index in [0.717, 1.165) is 41.6 Å². The number of nitrogens with one attached hydrogen (secondary N) is 2. The van der Waals surface area contributed by atoms with E-state index in [4.69, 9.17) is 4.98 Å². The number of halogens is 4. The Morgan fingerprint density at radius 3 is 2.39 bits per heavy atom. The lowest BCUT2D eigenvalue weighted by molar-refractivity contribution is -0.123. The molecule has 2 N–H and O–H groups in total. The summed E-state index contributed by atoms with van der Waals surface area (Å²) >= 11 is 0. The summed E-state index contributed by atoms with van der Waals surface area (Å²) in [6.45, 7) is 10.3. The number of carbonyl (C=O) groups excluding carboxylic acids is 2. The predicted octanol–water partition coefficient (Wildman–Crippen LogP) is 8.18. The molecular formula is C41H45F4N7O2. The fourth-order valence-electron chi connectivity index (χ4n) is 9.44. The summed E-state index contributed by atoms with van der Waals surface area (Å²) in [5.41, 5.74) is 0.838. The number of benzene rings is 2. The fraction of sp³-hybridized carbons (Fsp3) is 0.512. The molecule has 2 bridgehead atoms. The van der Waals surface area contributed by atoms with Crippen molar-refractivity contribution in [3.05, 3.63) is 65.0 Å². The predicted molar refractivity (Wildman–Crippen MR) is 198 cm³/mol. The zero-order valence-corrected chi connectivity index (χ0v) is 31.1. The molecule has 54 heavy (non-hydrogen) atoms. The Balaban J connectivity index is 1.07. The molecule has 4 fully saturated rings. The molecule has 2 aliphatic heterocycles. The van der Waals surface area contributed by atoms with Crippen LogP contribution in [0.15, 0.2) is 36.7 Å². The minimum atomic E-state index is -2.78. The SMILES string of the molecule is Cc1c(C(=O)NC2(C(F)F)CC2)cc(Nc2nc(-c3ccc4c(c3)N(C3CC(N5CC6CCC5C6)C3)C(=O)C4(C)C)cc3ncn(C(C)C)c23)c(F)c1F. The van der Waals surface area contributed by atoms with Gasteiger partial charge >= 0.3 is 0 Å². The Labute approximate surface area is 311 Å². The number of pyridine rings is 1. The van der Waals surface area contributed by atoms with E-state index in [1.807, 2.05) is 61.4 Å². The Bertz CT molecular complexity index is 2220. The first-order valence-electron chi connectivity index (χ1n) is 19.1. The molecule has 5 aliphatic rings. The molecule has 0 spiro atoms. The largest absolute Gasteiger partial charge is 0.341 e. The molecule has 9 rings (SSSR count). The van der Waals surface area contributed by atoms with Gasteiger partial charge in [-0.2, -0.15) is 0 Å². The minimum absolute atomic E-state index is 0.0722. The molecule has 1 saturated heterocycles. The zero-order valence-electron chi connectivity index (χ0n) is 31.1. The number of anilines is 3. The average molecular weight is 744 g/mol. The second-order valence-corrected chi connectivity index (χ2v) is 17.1. The molecule has 2 aromatic heterocycles. The van der Waals surface area contributed by atoms with Gasteiger partial charge < -0.3 is 20.1 Å². The van der Waals surface area contributed by atoms with Gasteiger partial charge in [-0.1, -0.05) is 12.1 Å². The lowest BCUT2D eigenvalue weighted by Gasteiger charge is -2.48. The molecule has 2 atom stereocenters. The second kappa shape index (κ2) is 12.2. The number of amides is 2. The quantitative estimate of drug-likeness (QED) is 0.168. The third-order valence-corrected chi connectivity index (χ3v) is 13.0. The molecule has 2 aromatic carbocycles. The summed E-state index contributed by atoms with van der Waals surface area (Å²) in [6.07, 6.45) is 4.88. The summed E-state index contributed by atoms with van der Waals surface area (Å²) in [5.74, 6) is -2.33. The van der Waals surface area contributed by atoms with E-state index < -0.39 is 34.9 Å². The van der Waals surface area contributed by atoms with Crippen molar-refractivity contribution in [2.45, 2.75) is 121 Å². The van der Waals surface area contributed by atoms with Gasteiger partial charge in [0, 0.05) is 53.1 Å². The number of piperidine rings is 1. The highest BCUT2D eigenvalue weighted by atomic mass is 19.3. The van der Waals surface area contributed by atoms with Gasteiger partial charge in [-0.15, -0.1) is 0 Å². The maximum Gasteiger partial charge on any atom is 0.261 e. The van der Waals surface area contributed by atoms with E-state index in [1.54, 1.807) is 6.33 Å². The average Bonchev–Trinajstić information content (AvgIpc) is 3.40. The Kier molecular flexibility index (Phi) is 7.98. The van der Waals surface area contributed by atoms with E-state index >= 15 is 8.78 Å². The molecule has 0 radical (unpaired) electrons. The van der Waals surface area contributed by atoms with Crippen LogP contribution >= 0.6 is 0 Å². The van der Waals surface area contributed by atoms with Gasteiger partial charge in [-0.05, 0) is 109 Å². The molecule has 3 aliphatic carbocycles. The lowest BCUT2D eigenvalue weighted by atomic mass is 9.82. The third-order valence-electron chi connectivity index (χ3n) is 13.0.